The zero-order valence-electron chi connectivity index (χ0n) is 13.4. The van der Waals surface area contributed by atoms with Gasteiger partial charge in [-0.25, -0.2) is 0 Å². The maximum Gasteiger partial charge on any atom is 0.161 e. The molecule has 0 aromatic carbocycles. The number of thiocarbonyl (C=S) groups is 1. The number of nitrogens with two attached hydrogens (primary N) is 1. The number of anilines is 1. The third kappa shape index (κ3) is 3.34. The Kier molecular flexibility index (Phi) is 5.51. The van der Waals surface area contributed by atoms with Gasteiger partial charge in [0.1, 0.15) is 4.99 Å². The Morgan fingerprint density at radius 2 is 2.05 bits per heavy atom. The highest BCUT2D eigenvalue weighted by Gasteiger charge is 2.27. The van der Waals surface area contributed by atoms with Crippen LogP contribution in [-0.4, -0.2) is 28.3 Å². The normalized spacial score (nSPS) is 18.2. The Morgan fingerprint density at radius 3 is 2.62 bits per heavy atom. The Morgan fingerprint density at radius 1 is 1.29 bits per heavy atom. The molecule has 1 aromatic rings. The Hall–Kier alpha value is -1.23. The summed E-state index contributed by atoms with van der Waals surface area (Å²) in [6.07, 6.45) is 5.50. The second-order valence-electron chi connectivity index (χ2n) is 5.78. The molecule has 116 valence electrons. The predicted molar refractivity (Wildman–Crippen MR) is 91.9 cm³/mol. The molecule has 0 bridgehead atoms. The molecule has 0 amide bonds. The second kappa shape index (κ2) is 7.16. The largest absolute Gasteiger partial charge is 0.389 e. The topological polar surface area (TPSA) is 55.0 Å². The molecule has 1 saturated heterocycles. The second-order valence-corrected chi connectivity index (χ2v) is 6.22. The van der Waals surface area contributed by atoms with Gasteiger partial charge < -0.3 is 10.6 Å². The van der Waals surface area contributed by atoms with Crippen molar-refractivity contribution in [2.75, 3.05) is 18.0 Å². The van der Waals surface area contributed by atoms with E-state index in [0.29, 0.717) is 4.99 Å². The van der Waals surface area contributed by atoms with Gasteiger partial charge in [0.25, 0.3) is 0 Å². The van der Waals surface area contributed by atoms with Crippen LogP contribution in [0.15, 0.2) is 0 Å². The Bertz CT molecular complexity index is 515. The van der Waals surface area contributed by atoms with Crippen LogP contribution in [0.2, 0.25) is 0 Å². The number of rotatable bonds is 6. The van der Waals surface area contributed by atoms with Crippen molar-refractivity contribution in [2.45, 2.75) is 52.9 Å². The van der Waals surface area contributed by atoms with Gasteiger partial charge in [0.2, 0.25) is 0 Å². The summed E-state index contributed by atoms with van der Waals surface area (Å²) >= 11 is 5.31. The highest BCUT2D eigenvalue weighted by Crippen LogP contribution is 2.30. The molecule has 0 radical (unpaired) electrons. The molecule has 21 heavy (non-hydrogen) atoms. The van der Waals surface area contributed by atoms with Crippen LogP contribution in [0, 0.1) is 5.92 Å². The average Bonchev–Trinajstić information content (AvgIpc) is 2.94. The van der Waals surface area contributed by atoms with Crippen LogP contribution < -0.4 is 10.6 Å². The molecule has 0 aliphatic carbocycles. The van der Waals surface area contributed by atoms with Crippen LogP contribution >= 0.6 is 12.2 Å². The standard InChI is InChI=1S/C16H26N4S/c1-4-7-11-8-9-20(10-11)16-14(15(17)21)12(5-2)13(6-3)18-19-16/h11H,4-10H2,1-3H3,(H2,17,21). The summed E-state index contributed by atoms with van der Waals surface area (Å²) in [5.74, 6) is 1.65. The number of aryl methyl sites for hydroxylation is 1. The molecule has 0 saturated carbocycles. The fraction of sp³-hybridized carbons (Fsp3) is 0.688. The van der Waals surface area contributed by atoms with E-state index in [1.54, 1.807) is 0 Å². The molecule has 4 nitrogen and oxygen atoms in total. The third-order valence-electron chi connectivity index (χ3n) is 4.36. The van der Waals surface area contributed by atoms with Gasteiger partial charge in [-0.3, -0.25) is 0 Å². The lowest BCUT2D eigenvalue weighted by atomic mass is 10.0. The van der Waals surface area contributed by atoms with Gasteiger partial charge in [-0.15, -0.1) is 5.10 Å². The Balaban J connectivity index is 2.38. The molecular weight excluding hydrogens is 280 g/mol. The van der Waals surface area contributed by atoms with Crippen LogP contribution in [0.1, 0.15) is 56.9 Å². The molecule has 2 N–H and O–H groups in total. The summed E-state index contributed by atoms with van der Waals surface area (Å²) < 4.78 is 0. The molecule has 1 aliphatic heterocycles. The molecule has 1 atom stereocenters. The smallest absolute Gasteiger partial charge is 0.161 e. The predicted octanol–water partition coefficient (Wildman–Crippen LogP) is 2.86. The zero-order valence-corrected chi connectivity index (χ0v) is 14.2. The highest BCUT2D eigenvalue weighted by atomic mass is 32.1. The van der Waals surface area contributed by atoms with E-state index in [0.717, 1.165) is 48.9 Å². The fourth-order valence-electron chi connectivity index (χ4n) is 3.31. The van der Waals surface area contributed by atoms with Crippen LogP contribution in [0.4, 0.5) is 5.82 Å². The Labute approximate surface area is 133 Å². The van der Waals surface area contributed by atoms with Crippen LogP contribution in [-0.2, 0) is 12.8 Å². The summed E-state index contributed by atoms with van der Waals surface area (Å²) in [5.41, 5.74) is 9.16. The lowest BCUT2D eigenvalue weighted by Crippen LogP contribution is -2.27. The van der Waals surface area contributed by atoms with Crippen LogP contribution in [0.3, 0.4) is 0 Å². The average molecular weight is 306 g/mol. The van der Waals surface area contributed by atoms with Gasteiger partial charge in [-0.1, -0.05) is 39.4 Å². The molecule has 1 fully saturated rings. The number of nitrogens with zero attached hydrogens (tertiary/aromatic N) is 3. The first kappa shape index (κ1) is 16.1. The van der Waals surface area contributed by atoms with E-state index in [1.165, 1.54) is 24.8 Å². The van der Waals surface area contributed by atoms with Gasteiger partial charge in [0, 0.05) is 13.1 Å². The first-order valence-corrected chi connectivity index (χ1v) is 8.46. The maximum atomic E-state index is 6.01. The van der Waals surface area contributed by atoms with Gasteiger partial charge in [-0.05, 0) is 37.2 Å². The summed E-state index contributed by atoms with van der Waals surface area (Å²) in [5, 5.41) is 8.88. The molecule has 2 rings (SSSR count). The monoisotopic (exact) mass is 306 g/mol. The van der Waals surface area contributed by atoms with Crippen molar-refractivity contribution in [3.05, 3.63) is 16.8 Å². The molecule has 1 aromatic heterocycles. The lowest BCUT2D eigenvalue weighted by Gasteiger charge is -2.22. The number of hydrogen-bond acceptors (Lipinski definition) is 4. The minimum absolute atomic E-state index is 0.449. The molecule has 5 heteroatoms. The van der Waals surface area contributed by atoms with Gasteiger partial charge >= 0.3 is 0 Å². The van der Waals surface area contributed by atoms with Crippen molar-refractivity contribution in [1.82, 2.24) is 10.2 Å². The fourth-order valence-corrected chi connectivity index (χ4v) is 3.53. The van der Waals surface area contributed by atoms with Crippen molar-refractivity contribution in [1.29, 1.82) is 0 Å². The summed E-state index contributed by atoms with van der Waals surface area (Å²) in [6.45, 7) is 8.55. The van der Waals surface area contributed by atoms with Crippen LogP contribution in [0.5, 0.6) is 0 Å². The summed E-state index contributed by atoms with van der Waals surface area (Å²) in [7, 11) is 0. The summed E-state index contributed by atoms with van der Waals surface area (Å²) in [4.78, 5) is 2.77. The van der Waals surface area contributed by atoms with E-state index in [-0.39, 0.29) is 0 Å². The van der Waals surface area contributed by atoms with Crippen molar-refractivity contribution in [3.8, 4) is 0 Å². The van der Waals surface area contributed by atoms with E-state index >= 15 is 0 Å². The van der Waals surface area contributed by atoms with E-state index in [2.05, 4.69) is 35.9 Å². The first-order valence-electron chi connectivity index (χ1n) is 8.05. The lowest BCUT2D eigenvalue weighted by molar-refractivity contribution is 0.529. The zero-order chi connectivity index (χ0) is 15.4. The van der Waals surface area contributed by atoms with E-state index < -0.39 is 0 Å². The van der Waals surface area contributed by atoms with E-state index in [4.69, 9.17) is 18.0 Å². The van der Waals surface area contributed by atoms with Gasteiger partial charge in [0.05, 0.1) is 11.3 Å². The van der Waals surface area contributed by atoms with Crippen molar-refractivity contribution < 1.29 is 0 Å². The quantitative estimate of drug-likeness (QED) is 0.819. The minimum Gasteiger partial charge on any atom is -0.389 e. The number of aromatic nitrogens is 2. The highest BCUT2D eigenvalue weighted by molar-refractivity contribution is 7.80. The summed E-state index contributed by atoms with van der Waals surface area (Å²) in [6, 6.07) is 0. The van der Waals surface area contributed by atoms with Crippen molar-refractivity contribution in [2.24, 2.45) is 11.7 Å². The van der Waals surface area contributed by atoms with Gasteiger partial charge in [0.15, 0.2) is 5.82 Å². The molecular formula is C16H26N4S. The first-order chi connectivity index (χ1) is 10.1. The molecule has 1 aliphatic rings. The maximum absolute atomic E-state index is 6.01. The number of hydrogen-bond donors (Lipinski definition) is 1. The third-order valence-corrected chi connectivity index (χ3v) is 4.56. The van der Waals surface area contributed by atoms with E-state index in [1.807, 2.05) is 0 Å². The SMILES string of the molecule is CCCC1CCN(c2nnc(CC)c(CC)c2C(N)=S)C1. The molecule has 2 heterocycles. The van der Waals surface area contributed by atoms with E-state index in [9.17, 15) is 0 Å². The van der Waals surface area contributed by atoms with Gasteiger partial charge in [-0.2, -0.15) is 5.10 Å². The molecule has 1 unspecified atom stereocenters. The van der Waals surface area contributed by atoms with Crippen molar-refractivity contribution in [3.63, 3.8) is 0 Å². The van der Waals surface area contributed by atoms with Crippen molar-refractivity contribution >= 4 is 23.0 Å². The van der Waals surface area contributed by atoms with Crippen LogP contribution in [0.25, 0.3) is 0 Å². The minimum atomic E-state index is 0.449. The molecule has 0 spiro atoms.